The van der Waals surface area contributed by atoms with E-state index in [0.717, 1.165) is 0 Å². The highest BCUT2D eigenvalue weighted by atomic mass is 16.5. The molecule has 0 heterocycles. The van der Waals surface area contributed by atoms with Crippen LogP contribution in [0.25, 0.3) is 0 Å². The van der Waals surface area contributed by atoms with E-state index in [2.05, 4.69) is 9.47 Å². The maximum atomic E-state index is 11.6. The summed E-state index contributed by atoms with van der Waals surface area (Å²) in [7, 11) is 2.44. The summed E-state index contributed by atoms with van der Waals surface area (Å²) in [6.45, 7) is 0. The number of allylic oxidation sites excluding steroid dienone is 2. The number of ether oxygens (including phenoxy) is 2. The lowest BCUT2D eigenvalue weighted by atomic mass is 9.90. The Labute approximate surface area is 104 Å². The molecule has 0 spiro atoms. The molecule has 6 nitrogen and oxygen atoms in total. The third-order valence-electron chi connectivity index (χ3n) is 3.49. The number of aliphatic hydroxyl groups excluding tert-OH is 2. The maximum Gasteiger partial charge on any atom is 0.337 e. The van der Waals surface area contributed by atoms with Crippen molar-refractivity contribution < 1.29 is 29.3 Å². The largest absolute Gasteiger partial charge is 0.512 e. The summed E-state index contributed by atoms with van der Waals surface area (Å²) in [4.78, 5) is 23.1. The second-order valence-corrected chi connectivity index (χ2v) is 4.33. The Morgan fingerprint density at radius 2 is 1.28 bits per heavy atom. The fourth-order valence-electron chi connectivity index (χ4n) is 2.71. The molecule has 0 amide bonds. The van der Waals surface area contributed by atoms with Crippen molar-refractivity contribution in [3.05, 3.63) is 22.7 Å². The first kappa shape index (κ1) is 12.5. The summed E-state index contributed by atoms with van der Waals surface area (Å²) in [5.41, 5.74) is 0.293. The van der Waals surface area contributed by atoms with Gasteiger partial charge >= 0.3 is 11.9 Å². The van der Waals surface area contributed by atoms with Crippen molar-refractivity contribution in [1.29, 1.82) is 0 Å². The Balaban J connectivity index is 2.31. The minimum Gasteiger partial charge on any atom is -0.512 e. The molecule has 0 radical (unpaired) electrons. The number of rotatable bonds is 2. The van der Waals surface area contributed by atoms with Gasteiger partial charge in [0.1, 0.15) is 11.5 Å². The Morgan fingerprint density at radius 3 is 1.56 bits per heavy atom. The van der Waals surface area contributed by atoms with Crippen LogP contribution >= 0.6 is 0 Å². The van der Waals surface area contributed by atoms with Crippen LogP contribution in [-0.2, 0) is 19.1 Å². The van der Waals surface area contributed by atoms with E-state index in [0.29, 0.717) is 0 Å². The van der Waals surface area contributed by atoms with Crippen LogP contribution in [0.2, 0.25) is 0 Å². The predicted octanol–water partition coefficient (Wildman–Crippen LogP) is 0.996. The number of aliphatic hydroxyl groups is 2. The molecule has 0 bridgehead atoms. The van der Waals surface area contributed by atoms with E-state index in [-0.39, 0.29) is 35.5 Å². The van der Waals surface area contributed by atoms with Gasteiger partial charge in [-0.25, -0.2) is 9.59 Å². The van der Waals surface area contributed by atoms with Gasteiger partial charge in [-0.1, -0.05) is 0 Å². The molecule has 2 aliphatic carbocycles. The van der Waals surface area contributed by atoms with E-state index < -0.39 is 23.8 Å². The maximum absolute atomic E-state index is 11.6. The number of fused-ring (bicyclic) bond motifs is 1. The zero-order valence-electron chi connectivity index (χ0n) is 10.1. The standard InChI is InChI=1S/C12H14O6/c1-17-11(15)9-5-3-8(14)10(12(16)18-2)6(5)4-7(9)13/h5-6,13-14H,3-4H2,1-2H3/t5-,6-/m1/s1. The molecular formula is C12H14O6. The van der Waals surface area contributed by atoms with Crippen molar-refractivity contribution in [1.82, 2.24) is 0 Å². The van der Waals surface area contributed by atoms with Gasteiger partial charge in [0.05, 0.1) is 25.4 Å². The Hall–Kier alpha value is -1.98. The summed E-state index contributed by atoms with van der Waals surface area (Å²) in [5, 5.41) is 19.6. The fraction of sp³-hybridized carbons (Fsp3) is 0.500. The van der Waals surface area contributed by atoms with Gasteiger partial charge in [-0.2, -0.15) is 0 Å². The molecule has 18 heavy (non-hydrogen) atoms. The van der Waals surface area contributed by atoms with E-state index >= 15 is 0 Å². The van der Waals surface area contributed by atoms with Crippen molar-refractivity contribution in [3.63, 3.8) is 0 Å². The number of carbonyl (C=O) groups is 2. The first-order valence-corrected chi connectivity index (χ1v) is 5.51. The second-order valence-electron chi connectivity index (χ2n) is 4.33. The van der Waals surface area contributed by atoms with Gasteiger partial charge in [0.25, 0.3) is 0 Å². The lowest BCUT2D eigenvalue weighted by Crippen LogP contribution is -2.17. The molecule has 2 atom stereocenters. The minimum atomic E-state index is -0.626. The normalized spacial score (nSPS) is 26.3. The summed E-state index contributed by atoms with van der Waals surface area (Å²) in [5.74, 6) is -2.23. The average Bonchev–Trinajstić information content (AvgIpc) is 2.80. The topological polar surface area (TPSA) is 93.1 Å². The molecule has 0 fully saturated rings. The quantitative estimate of drug-likeness (QED) is 0.714. The van der Waals surface area contributed by atoms with Gasteiger partial charge in [-0.3, -0.25) is 0 Å². The number of hydrogen-bond acceptors (Lipinski definition) is 6. The highest BCUT2D eigenvalue weighted by molar-refractivity contribution is 5.94. The molecule has 0 aliphatic heterocycles. The molecule has 0 saturated carbocycles. The molecule has 6 heteroatoms. The van der Waals surface area contributed by atoms with E-state index in [1.165, 1.54) is 14.2 Å². The average molecular weight is 254 g/mol. The fourth-order valence-corrected chi connectivity index (χ4v) is 2.71. The molecule has 0 unspecified atom stereocenters. The van der Waals surface area contributed by atoms with Crippen LogP contribution in [0.4, 0.5) is 0 Å². The van der Waals surface area contributed by atoms with Crippen LogP contribution in [0, 0.1) is 11.8 Å². The van der Waals surface area contributed by atoms with Gasteiger partial charge in [0, 0.05) is 24.7 Å². The Bertz CT molecular complexity index is 429. The molecule has 2 N–H and O–H groups in total. The smallest absolute Gasteiger partial charge is 0.337 e. The van der Waals surface area contributed by atoms with Crippen LogP contribution in [0.15, 0.2) is 22.7 Å². The molecule has 0 saturated heterocycles. The Kier molecular flexibility index (Phi) is 3.02. The van der Waals surface area contributed by atoms with Gasteiger partial charge in [0.15, 0.2) is 0 Å². The molecular weight excluding hydrogens is 240 g/mol. The summed E-state index contributed by atoms with van der Waals surface area (Å²) in [6, 6.07) is 0. The third-order valence-corrected chi connectivity index (χ3v) is 3.49. The van der Waals surface area contributed by atoms with Crippen molar-refractivity contribution in [2.75, 3.05) is 14.2 Å². The van der Waals surface area contributed by atoms with Gasteiger partial charge in [-0.15, -0.1) is 0 Å². The second kappa shape index (κ2) is 4.36. The SMILES string of the molecule is COC(=O)C1=C(O)C[C@H]2C(C(=O)OC)=C(O)C[C@@H]12. The highest BCUT2D eigenvalue weighted by Gasteiger charge is 2.48. The zero-order valence-corrected chi connectivity index (χ0v) is 10.1. The predicted molar refractivity (Wildman–Crippen MR) is 59.6 cm³/mol. The van der Waals surface area contributed by atoms with Crippen molar-refractivity contribution in [2.24, 2.45) is 11.8 Å². The molecule has 2 aliphatic rings. The van der Waals surface area contributed by atoms with Crippen LogP contribution in [0.3, 0.4) is 0 Å². The number of hydrogen-bond donors (Lipinski definition) is 2. The summed E-state index contributed by atoms with van der Waals surface area (Å²) >= 11 is 0. The van der Waals surface area contributed by atoms with Gasteiger partial charge < -0.3 is 19.7 Å². The molecule has 2 rings (SSSR count). The molecule has 0 aromatic rings. The molecule has 0 aromatic carbocycles. The van der Waals surface area contributed by atoms with Crippen LogP contribution in [-0.4, -0.2) is 36.4 Å². The van der Waals surface area contributed by atoms with E-state index in [4.69, 9.17) is 0 Å². The number of carbonyl (C=O) groups excluding carboxylic acids is 2. The highest BCUT2D eigenvalue weighted by Crippen LogP contribution is 2.49. The number of methoxy groups -OCH3 is 2. The van der Waals surface area contributed by atoms with Gasteiger partial charge in [-0.05, 0) is 0 Å². The third kappa shape index (κ3) is 1.64. The van der Waals surface area contributed by atoms with E-state index in [1.54, 1.807) is 0 Å². The first-order chi connectivity index (χ1) is 8.51. The molecule has 0 aromatic heterocycles. The lowest BCUT2D eigenvalue weighted by Gasteiger charge is -2.13. The zero-order chi connectivity index (χ0) is 13.4. The monoisotopic (exact) mass is 254 g/mol. The summed E-state index contributed by atoms with van der Waals surface area (Å²) in [6.07, 6.45) is 0.285. The lowest BCUT2D eigenvalue weighted by molar-refractivity contribution is -0.138. The number of esters is 2. The van der Waals surface area contributed by atoms with Crippen molar-refractivity contribution in [2.45, 2.75) is 12.8 Å². The van der Waals surface area contributed by atoms with Crippen LogP contribution < -0.4 is 0 Å². The van der Waals surface area contributed by atoms with Crippen molar-refractivity contribution >= 4 is 11.9 Å². The van der Waals surface area contributed by atoms with Gasteiger partial charge in [0.2, 0.25) is 0 Å². The summed E-state index contributed by atoms with van der Waals surface area (Å²) < 4.78 is 9.19. The molecule has 98 valence electrons. The van der Waals surface area contributed by atoms with E-state index in [9.17, 15) is 19.8 Å². The first-order valence-electron chi connectivity index (χ1n) is 5.51. The van der Waals surface area contributed by atoms with Crippen LogP contribution in [0.5, 0.6) is 0 Å². The minimum absolute atomic E-state index is 0.0780. The Morgan fingerprint density at radius 1 is 0.944 bits per heavy atom. The van der Waals surface area contributed by atoms with Crippen molar-refractivity contribution in [3.8, 4) is 0 Å². The van der Waals surface area contributed by atoms with Crippen LogP contribution in [0.1, 0.15) is 12.8 Å². The van der Waals surface area contributed by atoms with E-state index in [1.807, 2.05) is 0 Å².